The highest BCUT2D eigenvalue weighted by molar-refractivity contribution is 7.90. The van der Waals surface area contributed by atoms with E-state index in [1.54, 1.807) is 20.4 Å². The molecule has 2 aromatic heterocycles. The van der Waals surface area contributed by atoms with Crippen LogP contribution in [0.15, 0.2) is 29.6 Å². The minimum atomic E-state index is -1.33. The number of fused-ring (bicyclic) bond motifs is 1. The van der Waals surface area contributed by atoms with Gasteiger partial charge in [0.25, 0.3) is 0 Å². The summed E-state index contributed by atoms with van der Waals surface area (Å²) in [5.41, 5.74) is 4.16. The van der Waals surface area contributed by atoms with E-state index in [1.165, 1.54) is 0 Å². The number of pyridine rings is 1. The van der Waals surface area contributed by atoms with Gasteiger partial charge in [0.2, 0.25) is 0 Å². The molecule has 0 radical (unpaired) electrons. The van der Waals surface area contributed by atoms with E-state index in [-0.39, 0.29) is 11.9 Å². The first-order chi connectivity index (χ1) is 11.5. The zero-order chi connectivity index (χ0) is 17.3. The number of rotatable bonds is 5. The summed E-state index contributed by atoms with van der Waals surface area (Å²) in [5.74, 6) is 1.79. The summed E-state index contributed by atoms with van der Waals surface area (Å²) in [7, 11) is 3.23. The molecule has 0 aliphatic heterocycles. The Morgan fingerprint density at radius 2 is 1.96 bits per heavy atom. The lowest BCUT2D eigenvalue weighted by molar-refractivity contribution is 0.407. The molecule has 8 heteroatoms. The number of hydrogen-bond donors (Lipinski definition) is 2. The first-order valence-corrected chi connectivity index (χ1v) is 8.76. The maximum absolute atomic E-state index is 12.7. The summed E-state index contributed by atoms with van der Waals surface area (Å²) >= 11 is -1.33. The molecule has 7 nitrogen and oxygen atoms in total. The molecule has 25 heavy (non-hydrogen) atoms. The lowest BCUT2D eigenvalue weighted by atomic mass is 10.1. The van der Waals surface area contributed by atoms with E-state index < -0.39 is 11.2 Å². The number of benzene rings is 1. The average molecular weight is 362 g/mol. The standard InChI is InChI=1S/C17H19N3O3S.H3N/c1-10-8-18-15(11(2)16(10)23-4)9-24(21)17-19-13-6-5-12(22-3)7-14(13)20-17;/h5-8H,9H2,1-4H3,(H,19,20);1H3/t24-;/m1./s1. The molecule has 0 unspecified atom stereocenters. The fourth-order valence-electron chi connectivity index (χ4n) is 2.61. The number of nitrogens with one attached hydrogen (secondary N) is 1. The first-order valence-electron chi connectivity index (χ1n) is 7.44. The molecule has 1 aromatic carbocycles. The van der Waals surface area contributed by atoms with Gasteiger partial charge in [-0.3, -0.25) is 9.97 Å². The predicted octanol–water partition coefficient (Wildman–Crippen LogP) is 3.06. The molecule has 0 aliphatic carbocycles. The second kappa shape index (κ2) is 7.73. The van der Waals surface area contributed by atoms with Crippen molar-refractivity contribution in [3.8, 4) is 11.5 Å². The van der Waals surface area contributed by atoms with Crippen molar-refractivity contribution in [2.75, 3.05) is 14.2 Å². The number of aryl methyl sites for hydroxylation is 1. The average Bonchev–Trinajstić information content (AvgIpc) is 3.01. The first kappa shape index (κ1) is 19.0. The summed E-state index contributed by atoms with van der Waals surface area (Å²) in [4.78, 5) is 11.9. The van der Waals surface area contributed by atoms with Gasteiger partial charge in [0.1, 0.15) is 11.5 Å². The van der Waals surface area contributed by atoms with Gasteiger partial charge in [-0.25, -0.2) is 0 Å². The van der Waals surface area contributed by atoms with Crippen LogP contribution in [0.1, 0.15) is 16.8 Å². The van der Waals surface area contributed by atoms with Gasteiger partial charge in [-0.1, -0.05) is 0 Å². The quantitative estimate of drug-likeness (QED) is 0.673. The molecule has 0 saturated heterocycles. The Morgan fingerprint density at radius 3 is 2.64 bits per heavy atom. The molecular formula is C17H22N4O3S. The van der Waals surface area contributed by atoms with E-state index in [1.807, 2.05) is 32.0 Å². The molecular weight excluding hydrogens is 340 g/mol. The third-order valence-electron chi connectivity index (χ3n) is 3.90. The zero-order valence-corrected chi connectivity index (χ0v) is 15.6. The van der Waals surface area contributed by atoms with Gasteiger partial charge >= 0.3 is 5.16 Å². The van der Waals surface area contributed by atoms with Crippen molar-refractivity contribution in [1.29, 1.82) is 0 Å². The van der Waals surface area contributed by atoms with Crippen LogP contribution in [0.25, 0.3) is 11.0 Å². The maximum atomic E-state index is 12.7. The number of methoxy groups -OCH3 is 2. The van der Waals surface area contributed by atoms with Crippen molar-refractivity contribution < 1.29 is 14.0 Å². The van der Waals surface area contributed by atoms with Crippen molar-refractivity contribution in [3.05, 3.63) is 41.2 Å². The normalized spacial score (nSPS) is 11.9. The monoisotopic (exact) mass is 362 g/mol. The molecule has 0 spiro atoms. The highest BCUT2D eigenvalue weighted by Crippen LogP contribution is 2.27. The molecule has 0 aliphatic rings. The number of ether oxygens (including phenoxy) is 2. The Kier molecular flexibility index (Phi) is 5.89. The SMILES string of the molecule is COc1ccc2nc([S@+]([O-])Cc3ncc(C)c(OC)c3C)[nH]c2c1.N. The highest BCUT2D eigenvalue weighted by Gasteiger charge is 2.21. The topological polar surface area (TPSA) is 118 Å². The fourth-order valence-corrected chi connectivity index (χ4v) is 3.71. The Hall–Kier alpha value is -2.29. The smallest absolute Gasteiger partial charge is 0.322 e. The molecule has 0 bridgehead atoms. The van der Waals surface area contributed by atoms with Crippen LogP contribution in [0.3, 0.4) is 0 Å². The van der Waals surface area contributed by atoms with Gasteiger partial charge < -0.3 is 20.2 Å². The van der Waals surface area contributed by atoms with Crippen LogP contribution < -0.4 is 15.6 Å². The van der Waals surface area contributed by atoms with Gasteiger partial charge in [0.05, 0.1) is 30.9 Å². The highest BCUT2D eigenvalue weighted by atomic mass is 32.2. The Labute approximate surface area is 149 Å². The van der Waals surface area contributed by atoms with Gasteiger partial charge in [-0.05, 0) is 26.0 Å². The lowest BCUT2D eigenvalue weighted by Crippen LogP contribution is -2.10. The maximum Gasteiger partial charge on any atom is 0.322 e. The number of nitrogens with zero attached hydrogens (tertiary/aromatic N) is 2. The molecule has 2 heterocycles. The number of H-pyrrole nitrogens is 1. The van der Waals surface area contributed by atoms with Gasteiger partial charge in [-0.2, -0.15) is 4.98 Å². The molecule has 0 fully saturated rings. The van der Waals surface area contributed by atoms with E-state index in [0.29, 0.717) is 5.16 Å². The van der Waals surface area contributed by atoms with Gasteiger partial charge in [0.15, 0.2) is 5.75 Å². The van der Waals surface area contributed by atoms with Crippen molar-refractivity contribution in [2.45, 2.75) is 24.8 Å². The van der Waals surface area contributed by atoms with E-state index in [0.717, 1.165) is 39.4 Å². The van der Waals surface area contributed by atoms with E-state index in [9.17, 15) is 4.55 Å². The van der Waals surface area contributed by atoms with Crippen LogP contribution in [0.5, 0.6) is 11.5 Å². The van der Waals surface area contributed by atoms with Crippen molar-refractivity contribution in [2.24, 2.45) is 0 Å². The summed E-state index contributed by atoms with van der Waals surface area (Å²) < 4.78 is 23.3. The van der Waals surface area contributed by atoms with Crippen LogP contribution in [0.2, 0.25) is 0 Å². The van der Waals surface area contributed by atoms with Crippen LogP contribution in [-0.2, 0) is 16.9 Å². The number of aromatic amines is 1. The van der Waals surface area contributed by atoms with Gasteiger partial charge in [0, 0.05) is 34.6 Å². The van der Waals surface area contributed by atoms with Crippen molar-refractivity contribution in [1.82, 2.24) is 21.1 Å². The van der Waals surface area contributed by atoms with Crippen LogP contribution in [0.4, 0.5) is 0 Å². The van der Waals surface area contributed by atoms with Crippen LogP contribution in [0, 0.1) is 13.8 Å². The Balaban J connectivity index is 0.00000225. The van der Waals surface area contributed by atoms with Crippen LogP contribution in [-0.4, -0.2) is 33.7 Å². The molecule has 134 valence electrons. The third-order valence-corrected chi connectivity index (χ3v) is 5.06. The molecule has 3 rings (SSSR count). The predicted molar refractivity (Wildman–Crippen MR) is 98.0 cm³/mol. The van der Waals surface area contributed by atoms with Crippen LogP contribution >= 0.6 is 0 Å². The fraction of sp³-hybridized carbons (Fsp3) is 0.294. The third kappa shape index (κ3) is 3.71. The number of hydrogen-bond acceptors (Lipinski definition) is 6. The Morgan fingerprint density at radius 1 is 1.20 bits per heavy atom. The summed E-state index contributed by atoms with van der Waals surface area (Å²) in [5, 5.41) is 0.430. The summed E-state index contributed by atoms with van der Waals surface area (Å²) in [6, 6.07) is 5.50. The molecule has 3 aromatic rings. The molecule has 0 saturated carbocycles. The number of imidazole rings is 1. The van der Waals surface area contributed by atoms with E-state index >= 15 is 0 Å². The van der Waals surface area contributed by atoms with E-state index in [4.69, 9.17) is 9.47 Å². The van der Waals surface area contributed by atoms with Crippen molar-refractivity contribution >= 4 is 22.2 Å². The summed E-state index contributed by atoms with van der Waals surface area (Å²) in [6.45, 7) is 3.86. The second-order valence-electron chi connectivity index (χ2n) is 5.46. The Bertz CT molecular complexity index is 882. The number of aromatic nitrogens is 3. The van der Waals surface area contributed by atoms with Gasteiger partial charge in [-0.15, -0.1) is 0 Å². The largest absolute Gasteiger partial charge is 0.609 e. The molecule has 4 N–H and O–H groups in total. The molecule has 1 atom stereocenters. The second-order valence-corrected chi connectivity index (χ2v) is 6.83. The minimum absolute atomic E-state index is 0. The summed E-state index contributed by atoms with van der Waals surface area (Å²) in [6.07, 6.45) is 1.74. The zero-order valence-electron chi connectivity index (χ0n) is 14.8. The minimum Gasteiger partial charge on any atom is -0.609 e. The van der Waals surface area contributed by atoms with Crippen molar-refractivity contribution in [3.63, 3.8) is 0 Å². The lowest BCUT2D eigenvalue weighted by Gasteiger charge is -2.13. The van der Waals surface area contributed by atoms with E-state index in [2.05, 4.69) is 15.0 Å². The molecule has 0 amide bonds.